The average molecular weight is 481 g/mol. The van der Waals surface area contributed by atoms with Crippen molar-refractivity contribution in [3.8, 4) is 23.0 Å². The predicted molar refractivity (Wildman–Crippen MR) is 128 cm³/mol. The van der Waals surface area contributed by atoms with Gasteiger partial charge >= 0.3 is 0 Å². The Hall–Kier alpha value is -3.72. The molecular weight excluding hydrogens is 456 g/mol. The highest BCUT2D eigenvalue weighted by atomic mass is 32.1. The lowest BCUT2D eigenvalue weighted by molar-refractivity contribution is -0.119. The molecular formula is C25H24N2O6S. The normalized spacial score (nSPS) is 18.8. The number of nitrogens with zero attached hydrogens (tertiary/aromatic N) is 1. The fourth-order valence-electron chi connectivity index (χ4n) is 4.49. The van der Waals surface area contributed by atoms with E-state index < -0.39 is 12.0 Å². The molecule has 34 heavy (non-hydrogen) atoms. The zero-order valence-electron chi connectivity index (χ0n) is 19.0. The van der Waals surface area contributed by atoms with Gasteiger partial charge in [0.25, 0.3) is 5.91 Å². The first-order chi connectivity index (χ1) is 16.5. The summed E-state index contributed by atoms with van der Waals surface area (Å²) < 4.78 is 22.1. The van der Waals surface area contributed by atoms with E-state index in [9.17, 15) is 9.59 Å². The van der Waals surface area contributed by atoms with Crippen molar-refractivity contribution in [3.63, 3.8) is 0 Å². The van der Waals surface area contributed by atoms with E-state index in [2.05, 4.69) is 5.32 Å². The largest absolute Gasteiger partial charge is 0.493 e. The number of fused-ring (bicyclic) bond motifs is 2. The van der Waals surface area contributed by atoms with Crippen molar-refractivity contribution in [2.75, 3.05) is 39.8 Å². The van der Waals surface area contributed by atoms with Gasteiger partial charge in [-0.25, -0.2) is 0 Å². The maximum atomic E-state index is 13.8. The van der Waals surface area contributed by atoms with Crippen molar-refractivity contribution in [2.24, 2.45) is 0 Å². The minimum Gasteiger partial charge on any atom is -0.493 e. The molecule has 176 valence electrons. The van der Waals surface area contributed by atoms with E-state index in [1.807, 2.05) is 17.5 Å². The minimum atomic E-state index is -0.677. The molecule has 0 radical (unpaired) electrons. The van der Waals surface area contributed by atoms with Crippen LogP contribution < -0.4 is 24.3 Å². The Morgan fingerprint density at radius 3 is 2.50 bits per heavy atom. The molecule has 1 aromatic heterocycles. The van der Waals surface area contributed by atoms with Crippen LogP contribution >= 0.6 is 11.3 Å². The molecule has 1 N–H and O–H groups in total. The Bertz CT molecular complexity index is 1240. The molecule has 3 aromatic rings. The highest BCUT2D eigenvalue weighted by Crippen LogP contribution is 2.47. The number of amides is 2. The molecule has 2 atom stereocenters. The summed E-state index contributed by atoms with van der Waals surface area (Å²) in [5, 5.41) is 4.95. The van der Waals surface area contributed by atoms with Gasteiger partial charge in [-0.15, -0.1) is 11.3 Å². The highest BCUT2D eigenvalue weighted by Gasteiger charge is 2.44. The SMILES string of the molecule is COc1cc2c(cc1OC)[C@@H](C(=O)Nc1ccc3c(c1)OCCO3)[C@H](c1cccs1)N(C)C2=O. The number of thiophene rings is 1. The maximum Gasteiger partial charge on any atom is 0.254 e. The summed E-state index contributed by atoms with van der Waals surface area (Å²) in [7, 11) is 4.76. The maximum absolute atomic E-state index is 13.8. The standard InChI is InChI=1S/C25H24N2O6S/c1-27-23(21-5-4-10-34-21)22(15-12-18(30-2)19(31-3)13-16(15)25(27)29)24(28)26-14-6-7-17-20(11-14)33-9-8-32-17/h4-7,10-13,22-23H,8-9H2,1-3H3,(H,26,28)/t22-,23+/m1/s1. The van der Waals surface area contributed by atoms with E-state index in [-0.39, 0.29) is 11.8 Å². The Labute approximate surface area is 201 Å². The van der Waals surface area contributed by atoms with Gasteiger partial charge in [-0.1, -0.05) is 6.07 Å². The molecule has 3 heterocycles. The molecule has 9 heteroatoms. The number of hydrogen-bond acceptors (Lipinski definition) is 7. The third-order valence-corrected chi connectivity index (χ3v) is 7.04. The minimum absolute atomic E-state index is 0.183. The van der Waals surface area contributed by atoms with Crippen LogP contribution in [0.3, 0.4) is 0 Å². The van der Waals surface area contributed by atoms with Crippen LogP contribution in [0.1, 0.15) is 32.8 Å². The molecule has 0 aliphatic carbocycles. The van der Waals surface area contributed by atoms with E-state index >= 15 is 0 Å². The van der Waals surface area contributed by atoms with Crippen LogP contribution in [0.2, 0.25) is 0 Å². The molecule has 0 spiro atoms. The first-order valence-electron chi connectivity index (χ1n) is 10.8. The number of methoxy groups -OCH3 is 2. The van der Waals surface area contributed by atoms with Gasteiger partial charge in [0.05, 0.1) is 26.2 Å². The number of carbonyl (C=O) groups is 2. The summed E-state index contributed by atoms with van der Waals surface area (Å²) in [4.78, 5) is 29.7. The molecule has 2 aliphatic heterocycles. The average Bonchev–Trinajstić information content (AvgIpc) is 3.39. The predicted octanol–water partition coefficient (Wildman–Crippen LogP) is 4.09. The summed E-state index contributed by atoms with van der Waals surface area (Å²) in [6.07, 6.45) is 0. The van der Waals surface area contributed by atoms with Crippen LogP contribution in [0.15, 0.2) is 47.8 Å². The molecule has 0 fully saturated rings. The number of nitrogens with one attached hydrogen (secondary N) is 1. The van der Waals surface area contributed by atoms with Crippen molar-refractivity contribution in [1.29, 1.82) is 0 Å². The van der Waals surface area contributed by atoms with Gasteiger partial charge in [-0.2, -0.15) is 0 Å². The van der Waals surface area contributed by atoms with Crippen LogP contribution in [0.4, 0.5) is 5.69 Å². The van der Waals surface area contributed by atoms with Gasteiger partial charge in [0.15, 0.2) is 23.0 Å². The molecule has 0 saturated heterocycles. The Balaban J connectivity index is 1.59. The molecule has 0 unspecified atom stereocenters. The summed E-state index contributed by atoms with van der Waals surface area (Å²) >= 11 is 1.51. The van der Waals surface area contributed by atoms with Crippen molar-refractivity contribution in [1.82, 2.24) is 4.90 Å². The monoisotopic (exact) mass is 480 g/mol. The summed E-state index contributed by atoms with van der Waals surface area (Å²) in [6.45, 7) is 0.946. The van der Waals surface area contributed by atoms with Gasteiger partial charge in [0.2, 0.25) is 5.91 Å². The van der Waals surface area contributed by atoms with Gasteiger partial charge in [0, 0.05) is 29.2 Å². The quantitative estimate of drug-likeness (QED) is 0.592. The first-order valence-corrected chi connectivity index (χ1v) is 11.7. The Kier molecular flexibility index (Phi) is 5.79. The number of hydrogen-bond donors (Lipinski definition) is 1. The van der Waals surface area contributed by atoms with Gasteiger partial charge in [-0.05, 0) is 41.3 Å². The number of ether oxygens (including phenoxy) is 4. The molecule has 2 amide bonds. The van der Waals surface area contributed by atoms with Gasteiger partial charge in [0.1, 0.15) is 13.2 Å². The molecule has 5 rings (SSSR count). The second-order valence-electron chi connectivity index (χ2n) is 8.00. The zero-order chi connectivity index (χ0) is 23.8. The van der Waals surface area contributed by atoms with E-state index in [0.29, 0.717) is 53.0 Å². The molecule has 2 aliphatic rings. The summed E-state index contributed by atoms with van der Waals surface area (Å²) in [6, 6.07) is 12.1. The highest BCUT2D eigenvalue weighted by molar-refractivity contribution is 7.10. The molecule has 0 saturated carbocycles. The Morgan fingerprint density at radius 2 is 1.79 bits per heavy atom. The second kappa shape index (κ2) is 8.90. The van der Waals surface area contributed by atoms with Crippen LogP contribution in [0.5, 0.6) is 23.0 Å². The Morgan fingerprint density at radius 1 is 1.06 bits per heavy atom. The van der Waals surface area contributed by atoms with Crippen molar-refractivity contribution in [3.05, 3.63) is 63.8 Å². The number of likely N-dealkylation sites (N-methyl/N-ethyl adjacent to an activating group) is 1. The fraction of sp³-hybridized carbons (Fsp3) is 0.280. The van der Waals surface area contributed by atoms with Gasteiger partial charge < -0.3 is 29.2 Å². The van der Waals surface area contributed by atoms with Crippen LogP contribution in [0, 0.1) is 0 Å². The number of benzene rings is 2. The third kappa shape index (κ3) is 3.71. The van der Waals surface area contributed by atoms with Crippen LogP contribution in [0.25, 0.3) is 0 Å². The van der Waals surface area contributed by atoms with E-state index in [0.717, 1.165) is 4.88 Å². The first kappa shape index (κ1) is 22.1. The van der Waals surface area contributed by atoms with E-state index in [4.69, 9.17) is 18.9 Å². The summed E-state index contributed by atoms with van der Waals surface area (Å²) in [5.74, 6) is 1.02. The number of rotatable bonds is 5. The lowest BCUT2D eigenvalue weighted by Crippen LogP contribution is -2.43. The lowest BCUT2D eigenvalue weighted by Gasteiger charge is -2.39. The van der Waals surface area contributed by atoms with E-state index in [1.54, 1.807) is 42.3 Å². The van der Waals surface area contributed by atoms with E-state index in [1.165, 1.54) is 25.6 Å². The molecule has 8 nitrogen and oxygen atoms in total. The van der Waals surface area contributed by atoms with Gasteiger partial charge in [-0.3, -0.25) is 9.59 Å². The second-order valence-corrected chi connectivity index (χ2v) is 8.98. The zero-order valence-corrected chi connectivity index (χ0v) is 19.8. The van der Waals surface area contributed by atoms with Crippen molar-refractivity contribution >= 4 is 28.8 Å². The number of anilines is 1. The third-order valence-electron chi connectivity index (χ3n) is 6.10. The number of carbonyl (C=O) groups excluding carboxylic acids is 2. The van der Waals surface area contributed by atoms with Crippen molar-refractivity contribution in [2.45, 2.75) is 12.0 Å². The summed E-state index contributed by atoms with van der Waals surface area (Å²) in [5.41, 5.74) is 1.59. The van der Waals surface area contributed by atoms with Crippen LogP contribution in [-0.2, 0) is 4.79 Å². The molecule has 0 bridgehead atoms. The topological polar surface area (TPSA) is 86.3 Å². The van der Waals surface area contributed by atoms with Crippen molar-refractivity contribution < 1.29 is 28.5 Å². The smallest absolute Gasteiger partial charge is 0.254 e. The fourth-order valence-corrected chi connectivity index (χ4v) is 5.39. The molecule has 2 aromatic carbocycles. The lowest BCUT2D eigenvalue weighted by atomic mass is 9.81. The van der Waals surface area contributed by atoms with Crippen LogP contribution in [-0.4, -0.2) is 51.2 Å².